The Hall–Kier alpha value is -3.19. The molecule has 1 unspecified atom stereocenters. The van der Waals surface area contributed by atoms with Crippen molar-refractivity contribution >= 4 is 23.2 Å². The predicted octanol–water partition coefficient (Wildman–Crippen LogP) is 5.31. The van der Waals surface area contributed by atoms with Crippen LogP contribution in [-0.2, 0) is 11.2 Å². The number of carbonyl (C=O) groups excluding carboxylic acids is 2. The summed E-state index contributed by atoms with van der Waals surface area (Å²) >= 11 is 1.70. The van der Waals surface area contributed by atoms with E-state index in [9.17, 15) is 14.0 Å². The van der Waals surface area contributed by atoms with Crippen molar-refractivity contribution in [3.05, 3.63) is 87.4 Å². The summed E-state index contributed by atoms with van der Waals surface area (Å²) in [4.78, 5) is 31.7. The van der Waals surface area contributed by atoms with Crippen LogP contribution in [0.5, 0.6) is 5.75 Å². The van der Waals surface area contributed by atoms with Gasteiger partial charge < -0.3 is 14.5 Å². The molecule has 3 aromatic rings. The van der Waals surface area contributed by atoms with Gasteiger partial charge in [-0.2, -0.15) is 0 Å². The van der Waals surface area contributed by atoms with Gasteiger partial charge in [0.2, 0.25) is 5.91 Å². The molecule has 0 bridgehead atoms. The van der Waals surface area contributed by atoms with Gasteiger partial charge in [0, 0.05) is 22.5 Å². The average Bonchev–Trinajstić information content (AvgIpc) is 3.29. The lowest BCUT2D eigenvalue weighted by atomic mass is 9.93. The summed E-state index contributed by atoms with van der Waals surface area (Å²) in [5, 5.41) is 2.06. The zero-order chi connectivity index (χ0) is 24.5. The maximum atomic E-state index is 13.8. The van der Waals surface area contributed by atoms with Crippen molar-refractivity contribution in [2.75, 3.05) is 20.2 Å². The summed E-state index contributed by atoms with van der Waals surface area (Å²) < 4.78 is 19.1. The van der Waals surface area contributed by atoms with E-state index in [4.69, 9.17) is 4.74 Å². The Labute approximate surface area is 203 Å². The number of nitrogens with zero attached hydrogens (tertiary/aromatic N) is 2. The SMILES string of the molecule is COc1ccc(C2c3ccsc3CCN2C(=O)CN(C(=O)c2cccc(F)c2)C(C)(C)C)cc1. The number of fused-ring (bicyclic) bond motifs is 1. The van der Waals surface area contributed by atoms with Crippen LogP contribution < -0.4 is 4.74 Å². The normalized spacial score (nSPS) is 15.6. The molecule has 5 nitrogen and oxygen atoms in total. The van der Waals surface area contributed by atoms with E-state index in [0.29, 0.717) is 6.54 Å². The van der Waals surface area contributed by atoms with Gasteiger partial charge in [0.25, 0.3) is 5.91 Å². The lowest BCUT2D eigenvalue weighted by molar-refractivity contribution is -0.135. The van der Waals surface area contributed by atoms with Gasteiger partial charge in [-0.05, 0) is 80.1 Å². The Morgan fingerprint density at radius 1 is 1.15 bits per heavy atom. The summed E-state index contributed by atoms with van der Waals surface area (Å²) in [6, 6.07) is 15.2. The molecule has 0 aliphatic carbocycles. The molecule has 0 spiro atoms. The molecular formula is C27H29FN2O3S. The van der Waals surface area contributed by atoms with Crippen molar-refractivity contribution in [2.45, 2.75) is 38.8 Å². The average molecular weight is 481 g/mol. The van der Waals surface area contributed by atoms with Crippen LogP contribution >= 0.6 is 11.3 Å². The fraction of sp³-hybridized carbons (Fsp3) is 0.333. The van der Waals surface area contributed by atoms with Crippen LogP contribution in [-0.4, -0.2) is 47.4 Å². The Kier molecular flexibility index (Phi) is 6.75. The quantitative estimate of drug-likeness (QED) is 0.497. The molecule has 0 radical (unpaired) electrons. The molecule has 34 heavy (non-hydrogen) atoms. The van der Waals surface area contributed by atoms with E-state index in [1.165, 1.54) is 28.0 Å². The van der Waals surface area contributed by atoms with Gasteiger partial charge >= 0.3 is 0 Å². The van der Waals surface area contributed by atoms with Crippen LogP contribution in [0.3, 0.4) is 0 Å². The molecule has 1 aliphatic rings. The van der Waals surface area contributed by atoms with Crippen LogP contribution in [0, 0.1) is 5.82 Å². The molecule has 2 aromatic carbocycles. The van der Waals surface area contributed by atoms with Crippen molar-refractivity contribution in [3.63, 3.8) is 0 Å². The molecule has 2 heterocycles. The molecular weight excluding hydrogens is 451 g/mol. The molecule has 2 amide bonds. The fourth-order valence-corrected chi connectivity index (χ4v) is 5.25. The largest absolute Gasteiger partial charge is 0.497 e. The minimum Gasteiger partial charge on any atom is -0.497 e. The number of ether oxygens (including phenoxy) is 1. The summed E-state index contributed by atoms with van der Waals surface area (Å²) in [6.07, 6.45) is 0.777. The van der Waals surface area contributed by atoms with Crippen LogP contribution in [0.2, 0.25) is 0 Å². The monoisotopic (exact) mass is 480 g/mol. The number of thiophene rings is 1. The second-order valence-corrected chi connectivity index (χ2v) is 10.4. The smallest absolute Gasteiger partial charge is 0.254 e. The van der Waals surface area contributed by atoms with Crippen molar-refractivity contribution in [1.82, 2.24) is 9.80 Å². The van der Waals surface area contributed by atoms with Gasteiger partial charge in [0.15, 0.2) is 0 Å². The third-order valence-electron chi connectivity index (χ3n) is 6.14. The Bertz CT molecular complexity index is 1180. The summed E-state index contributed by atoms with van der Waals surface area (Å²) in [5.74, 6) is -0.235. The lowest BCUT2D eigenvalue weighted by Crippen LogP contribution is -2.52. The van der Waals surface area contributed by atoms with Gasteiger partial charge in [-0.25, -0.2) is 4.39 Å². The minimum atomic E-state index is -0.627. The summed E-state index contributed by atoms with van der Waals surface area (Å²) in [6.45, 7) is 6.11. The molecule has 0 N–H and O–H groups in total. The van der Waals surface area contributed by atoms with Crippen molar-refractivity contribution in [2.24, 2.45) is 0 Å². The van der Waals surface area contributed by atoms with Crippen LogP contribution in [0.25, 0.3) is 0 Å². The maximum Gasteiger partial charge on any atom is 0.254 e. The second kappa shape index (κ2) is 9.58. The highest BCUT2D eigenvalue weighted by molar-refractivity contribution is 7.10. The number of benzene rings is 2. The number of rotatable bonds is 5. The van der Waals surface area contributed by atoms with E-state index in [-0.39, 0.29) is 30.0 Å². The molecule has 1 atom stereocenters. The molecule has 0 saturated carbocycles. The fourth-order valence-electron chi connectivity index (χ4n) is 4.35. The maximum absolute atomic E-state index is 13.8. The third kappa shape index (κ3) is 4.85. The zero-order valence-electron chi connectivity index (χ0n) is 19.9. The van der Waals surface area contributed by atoms with Gasteiger partial charge in [-0.1, -0.05) is 18.2 Å². The standard InChI is InChI=1S/C27H29FN2O3S/c1-27(2,3)30(26(32)19-6-5-7-20(28)16-19)17-24(31)29-14-12-23-22(13-15-34-23)25(29)18-8-10-21(33-4)11-9-18/h5-11,13,15-16,25H,12,14,17H2,1-4H3. The van der Waals surface area contributed by atoms with E-state index < -0.39 is 11.4 Å². The highest BCUT2D eigenvalue weighted by Crippen LogP contribution is 2.38. The van der Waals surface area contributed by atoms with Gasteiger partial charge in [0.1, 0.15) is 18.1 Å². The molecule has 1 aliphatic heterocycles. The molecule has 178 valence electrons. The van der Waals surface area contributed by atoms with Crippen molar-refractivity contribution in [3.8, 4) is 5.75 Å². The van der Waals surface area contributed by atoms with E-state index in [1.807, 2.05) is 49.9 Å². The topological polar surface area (TPSA) is 49.9 Å². The Morgan fingerprint density at radius 3 is 2.53 bits per heavy atom. The number of carbonyl (C=O) groups is 2. The van der Waals surface area contributed by atoms with Crippen LogP contribution in [0.1, 0.15) is 53.2 Å². The van der Waals surface area contributed by atoms with Crippen molar-refractivity contribution < 1.29 is 18.7 Å². The Morgan fingerprint density at radius 2 is 1.88 bits per heavy atom. The number of halogens is 1. The number of hydrogen-bond acceptors (Lipinski definition) is 4. The Balaban J connectivity index is 1.65. The van der Waals surface area contributed by atoms with Gasteiger partial charge in [0.05, 0.1) is 13.2 Å². The number of hydrogen-bond donors (Lipinski definition) is 0. The first-order valence-corrected chi connectivity index (χ1v) is 12.1. The molecule has 0 fully saturated rings. The van der Waals surface area contributed by atoms with E-state index in [1.54, 1.807) is 24.5 Å². The first kappa shape index (κ1) is 24.0. The predicted molar refractivity (Wildman–Crippen MR) is 132 cm³/mol. The molecule has 4 rings (SSSR count). The van der Waals surface area contributed by atoms with Gasteiger partial charge in [-0.15, -0.1) is 11.3 Å². The minimum absolute atomic E-state index is 0.0923. The van der Waals surface area contributed by atoms with E-state index >= 15 is 0 Å². The molecule has 1 aromatic heterocycles. The second-order valence-electron chi connectivity index (χ2n) is 9.38. The first-order chi connectivity index (χ1) is 16.2. The van der Waals surface area contributed by atoms with Crippen LogP contribution in [0.15, 0.2) is 60.0 Å². The zero-order valence-corrected chi connectivity index (χ0v) is 20.7. The molecule has 7 heteroatoms. The highest BCUT2D eigenvalue weighted by Gasteiger charge is 2.36. The van der Waals surface area contributed by atoms with E-state index in [0.717, 1.165) is 23.3 Å². The van der Waals surface area contributed by atoms with Crippen LogP contribution in [0.4, 0.5) is 4.39 Å². The third-order valence-corrected chi connectivity index (χ3v) is 7.13. The summed E-state index contributed by atoms with van der Waals surface area (Å²) in [5.41, 5.74) is 1.71. The highest BCUT2D eigenvalue weighted by atomic mass is 32.1. The van der Waals surface area contributed by atoms with Gasteiger partial charge in [-0.3, -0.25) is 9.59 Å². The van der Waals surface area contributed by atoms with Crippen molar-refractivity contribution in [1.29, 1.82) is 0 Å². The van der Waals surface area contributed by atoms with E-state index in [2.05, 4.69) is 11.4 Å². The number of amides is 2. The lowest BCUT2D eigenvalue weighted by Gasteiger charge is -2.40. The first-order valence-electron chi connectivity index (χ1n) is 11.3. The molecule has 0 saturated heterocycles. The number of methoxy groups -OCH3 is 1. The summed E-state index contributed by atoms with van der Waals surface area (Å²) in [7, 11) is 1.62.